The predicted octanol–water partition coefficient (Wildman–Crippen LogP) is 0.886. The van der Waals surface area contributed by atoms with Crippen LogP contribution in [-0.2, 0) is 14.3 Å². The first-order chi connectivity index (χ1) is 5.09. The molecule has 0 radical (unpaired) electrons. The van der Waals surface area contributed by atoms with E-state index in [2.05, 4.69) is 4.74 Å². The van der Waals surface area contributed by atoms with Crippen LogP contribution in [0.1, 0.15) is 23.1 Å². The molecule has 1 aliphatic heterocycles. The molecule has 0 saturated carbocycles. The van der Waals surface area contributed by atoms with Gasteiger partial charge in [0.05, 0.1) is 6.42 Å². The average Bonchev–Trinajstić information content (AvgIpc) is 2.09. The van der Waals surface area contributed by atoms with E-state index in [4.69, 9.17) is 0 Å². The minimum Gasteiger partial charge on any atom is -1.00 e. The van der Waals surface area contributed by atoms with Crippen molar-refractivity contribution in [3.8, 4) is 0 Å². The second kappa shape index (κ2) is 5.17. The molecule has 0 spiro atoms. The van der Waals surface area contributed by atoms with Crippen LogP contribution in [0, 0.1) is 5.92 Å². The molecule has 0 aromatic heterocycles. The van der Waals surface area contributed by atoms with Crippen LogP contribution in [0.15, 0.2) is 11.6 Å². The van der Waals surface area contributed by atoms with Crippen molar-refractivity contribution in [3.05, 3.63) is 11.6 Å². The number of carbonyl (C=O) groups is 2. The molecule has 0 aromatic rings. The fraction of sp³-hybridized carbons (Fsp3) is 0.500. The van der Waals surface area contributed by atoms with Gasteiger partial charge in [-0.2, -0.15) is 0 Å². The maximum atomic E-state index is 10.8. The normalized spacial score (nSPS) is 19.8. The van der Waals surface area contributed by atoms with Gasteiger partial charge in [-0.05, 0) is 5.92 Å². The van der Waals surface area contributed by atoms with Crippen LogP contribution >= 0.6 is 0 Å². The van der Waals surface area contributed by atoms with Crippen molar-refractivity contribution >= 4 is 57.4 Å². The van der Waals surface area contributed by atoms with Crippen LogP contribution in [0.3, 0.4) is 0 Å². The second-order valence-electron chi connectivity index (χ2n) is 2.87. The van der Waals surface area contributed by atoms with Crippen LogP contribution in [0.2, 0.25) is 0 Å². The SMILES string of the molecule is CC(C)C=C1CC(=O)OC1=O.[H-].[H-].[Sr+2]. The zero-order chi connectivity index (χ0) is 8.43. The monoisotopic (exact) mass is 244 g/mol. The van der Waals surface area contributed by atoms with E-state index < -0.39 is 11.9 Å². The molecule has 1 aliphatic rings. The molecule has 1 saturated heterocycles. The molecule has 1 fully saturated rings. The van der Waals surface area contributed by atoms with Gasteiger partial charge in [0, 0.05) is 5.57 Å². The molecular weight excluding hydrogens is 232 g/mol. The molecule has 4 heteroatoms. The van der Waals surface area contributed by atoms with Gasteiger partial charge in [-0.15, -0.1) is 0 Å². The maximum absolute atomic E-state index is 10.8. The largest absolute Gasteiger partial charge is 2.00 e. The quantitative estimate of drug-likeness (QED) is 0.297. The third kappa shape index (κ3) is 3.39. The van der Waals surface area contributed by atoms with Gasteiger partial charge in [0.2, 0.25) is 0 Å². The van der Waals surface area contributed by atoms with E-state index in [1.807, 2.05) is 13.8 Å². The molecule has 1 heterocycles. The summed E-state index contributed by atoms with van der Waals surface area (Å²) < 4.78 is 4.33. The molecule has 1 rings (SSSR count). The van der Waals surface area contributed by atoms with Gasteiger partial charge in [-0.3, -0.25) is 4.79 Å². The van der Waals surface area contributed by atoms with Crippen molar-refractivity contribution in [2.24, 2.45) is 5.92 Å². The van der Waals surface area contributed by atoms with Crippen LogP contribution in [0.4, 0.5) is 0 Å². The Bertz CT molecular complexity index is 239. The third-order valence-electron chi connectivity index (χ3n) is 1.34. The minimum absolute atomic E-state index is 0. The Balaban J connectivity index is -0.000000403. The summed E-state index contributed by atoms with van der Waals surface area (Å²) in [6.45, 7) is 3.89. The van der Waals surface area contributed by atoms with E-state index in [-0.39, 0.29) is 60.7 Å². The smallest absolute Gasteiger partial charge is 1.00 e. The summed E-state index contributed by atoms with van der Waals surface area (Å²) in [5, 5.41) is 0. The molecule has 0 bridgehead atoms. The number of rotatable bonds is 1. The van der Waals surface area contributed by atoms with Crippen molar-refractivity contribution in [1.29, 1.82) is 0 Å². The minimum atomic E-state index is -0.483. The fourth-order valence-electron chi connectivity index (χ4n) is 0.962. The van der Waals surface area contributed by atoms with E-state index in [9.17, 15) is 9.59 Å². The van der Waals surface area contributed by atoms with Gasteiger partial charge in [0.25, 0.3) is 0 Å². The van der Waals surface area contributed by atoms with E-state index in [0.29, 0.717) is 5.57 Å². The Morgan fingerprint density at radius 1 is 1.50 bits per heavy atom. The Morgan fingerprint density at radius 3 is 2.42 bits per heavy atom. The molecule has 0 amide bonds. The first-order valence-corrected chi connectivity index (χ1v) is 3.55. The fourth-order valence-corrected chi connectivity index (χ4v) is 0.962. The number of ether oxygens (including phenoxy) is 1. The summed E-state index contributed by atoms with van der Waals surface area (Å²) >= 11 is 0. The van der Waals surface area contributed by atoms with Crippen molar-refractivity contribution in [1.82, 2.24) is 0 Å². The van der Waals surface area contributed by atoms with Crippen molar-refractivity contribution in [3.63, 3.8) is 0 Å². The van der Waals surface area contributed by atoms with Crippen molar-refractivity contribution in [2.45, 2.75) is 20.3 Å². The third-order valence-corrected chi connectivity index (χ3v) is 1.34. The van der Waals surface area contributed by atoms with Crippen LogP contribution in [0.5, 0.6) is 0 Å². The Kier molecular flexibility index (Phi) is 5.32. The molecular formula is C8H12O3Sr. The molecule has 0 aromatic carbocycles. The van der Waals surface area contributed by atoms with Crippen LogP contribution in [-0.4, -0.2) is 57.4 Å². The van der Waals surface area contributed by atoms with Crippen molar-refractivity contribution < 1.29 is 17.2 Å². The van der Waals surface area contributed by atoms with E-state index >= 15 is 0 Å². The van der Waals surface area contributed by atoms with Gasteiger partial charge in [-0.1, -0.05) is 19.9 Å². The molecule has 0 atom stereocenters. The molecule has 12 heavy (non-hydrogen) atoms. The second-order valence-corrected chi connectivity index (χ2v) is 2.87. The zero-order valence-electron chi connectivity index (χ0n) is 9.29. The number of esters is 2. The number of hydrogen-bond donors (Lipinski definition) is 0. The van der Waals surface area contributed by atoms with Crippen LogP contribution < -0.4 is 0 Å². The first-order valence-electron chi connectivity index (χ1n) is 3.55. The topological polar surface area (TPSA) is 43.4 Å². The van der Waals surface area contributed by atoms with Crippen molar-refractivity contribution in [2.75, 3.05) is 0 Å². The summed E-state index contributed by atoms with van der Waals surface area (Å²) in [6, 6.07) is 0. The first kappa shape index (κ1) is 12.4. The summed E-state index contributed by atoms with van der Waals surface area (Å²) in [4.78, 5) is 21.4. The number of cyclic esters (lactones) is 2. The Labute approximate surface area is 111 Å². The standard InChI is InChI=1S/C8H10O3.Sr.2H/c1-5(2)3-6-4-7(9)11-8(6)10;;;/h3,5H,4H2,1-2H3;;;/q;+2;2*-1. The molecule has 0 unspecified atom stereocenters. The van der Waals surface area contributed by atoms with Gasteiger partial charge in [0.1, 0.15) is 0 Å². The number of hydrogen-bond acceptors (Lipinski definition) is 3. The molecule has 3 nitrogen and oxygen atoms in total. The van der Waals surface area contributed by atoms with Gasteiger partial charge >= 0.3 is 57.4 Å². The summed E-state index contributed by atoms with van der Waals surface area (Å²) in [5.74, 6) is -0.644. The molecule has 0 aliphatic carbocycles. The number of carbonyl (C=O) groups excluding carboxylic acids is 2. The maximum Gasteiger partial charge on any atom is 2.00 e. The summed E-state index contributed by atoms with van der Waals surface area (Å²) in [7, 11) is 0. The van der Waals surface area contributed by atoms with Crippen LogP contribution in [0.25, 0.3) is 0 Å². The van der Waals surface area contributed by atoms with E-state index in [1.54, 1.807) is 6.08 Å². The molecule has 64 valence electrons. The zero-order valence-corrected chi connectivity index (χ0v) is 10.8. The summed E-state index contributed by atoms with van der Waals surface area (Å²) in [5.41, 5.74) is 0.491. The Hall–Kier alpha value is 0.361. The van der Waals surface area contributed by atoms with Gasteiger partial charge in [0.15, 0.2) is 0 Å². The van der Waals surface area contributed by atoms with Gasteiger partial charge < -0.3 is 7.59 Å². The van der Waals surface area contributed by atoms with E-state index in [0.717, 1.165) is 0 Å². The predicted molar refractivity (Wildman–Crippen MR) is 46.6 cm³/mol. The Morgan fingerprint density at radius 2 is 2.08 bits per heavy atom. The van der Waals surface area contributed by atoms with E-state index in [1.165, 1.54) is 0 Å². The molecule has 0 N–H and O–H groups in total. The number of allylic oxidation sites excluding steroid dienone is 1. The average molecular weight is 244 g/mol. The summed E-state index contributed by atoms with van der Waals surface area (Å²) in [6.07, 6.45) is 1.89. The van der Waals surface area contributed by atoms with Gasteiger partial charge in [-0.25, -0.2) is 4.79 Å².